The van der Waals surface area contributed by atoms with Crippen LogP contribution in [-0.4, -0.2) is 84.8 Å². The number of benzene rings is 1. The van der Waals surface area contributed by atoms with Crippen LogP contribution in [0.3, 0.4) is 0 Å². The number of carboxylic acids is 1. The average Bonchev–Trinajstić information content (AvgIpc) is 3.68. The molecule has 4 N–H and O–H groups in total. The molecule has 1 amide bonds. The van der Waals surface area contributed by atoms with E-state index in [0.29, 0.717) is 22.1 Å². The Kier molecular flexibility index (Phi) is 16.6. The van der Waals surface area contributed by atoms with Gasteiger partial charge < -0.3 is 25.5 Å². The third kappa shape index (κ3) is 14.0. The zero-order chi connectivity index (χ0) is 39.0. The zero-order valence-electron chi connectivity index (χ0n) is 25.2. The molecule has 23 heteroatoms. The highest BCUT2D eigenvalue weighted by atomic mass is 35.5. The number of rotatable bonds is 4. The Bertz CT molecular complexity index is 1710. The zero-order valence-corrected chi connectivity index (χ0v) is 26.0. The van der Waals surface area contributed by atoms with Crippen LogP contribution in [0.2, 0.25) is 5.02 Å². The number of pyridine rings is 1. The molecule has 0 bridgehead atoms. The molecule has 1 aliphatic rings. The molecule has 3 aromatic heterocycles. The Morgan fingerprint density at radius 1 is 0.882 bits per heavy atom. The lowest BCUT2D eigenvalue weighted by atomic mass is 10.1. The maximum absolute atomic E-state index is 12.5. The van der Waals surface area contributed by atoms with Crippen molar-refractivity contribution in [2.24, 2.45) is 0 Å². The predicted molar refractivity (Wildman–Crippen MR) is 159 cm³/mol. The van der Waals surface area contributed by atoms with Crippen molar-refractivity contribution in [1.82, 2.24) is 19.6 Å². The molecule has 0 spiro atoms. The fourth-order valence-electron chi connectivity index (χ4n) is 3.84. The second-order valence-corrected chi connectivity index (χ2v) is 9.58. The number of fused-ring (bicyclic) bond motifs is 1. The third-order valence-electron chi connectivity index (χ3n) is 5.81. The highest BCUT2D eigenvalue weighted by Gasteiger charge is 2.58. The van der Waals surface area contributed by atoms with Gasteiger partial charge in [0.15, 0.2) is 11.5 Å². The van der Waals surface area contributed by atoms with Gasteiger partial charge in [0, 0.05) is 12.7 Å². The highest BCUT2D eigenvalue weighted by molar-refractivity contribution is 6.34. The first-order valence-electron chi connectivity index (χ1n) is 13.4. The minimum atomic E-state index is -6.06. The van der Waals surface area contributed by atoms with Crippen LogP contribution in [0.5, 0.6) is 0 Å². The van der Waals surface area contributed by atoms with Crippen LogP contribution in [0.25, 0.3) is 5.65 Å². The monoisotopic (exact) mass is 762 g/mol. The Labute approximate surface area is 284 Å². The summed E-state index contributed by atoms with van der Waals surface area (Å²) in [5.74, 6) is -1.78. The van der Waals surface area contributed by atoms with Gasteiger partial charge in [-0.15, -0.1) is 5.10 Å². The van der Waals surface area contributed by atoms with Gasteiger partial charge in [0.05, 0.1) is 28.5 Å². The van der Waals surface area contributed by atoms with E-state index in [4.69, 9.17) is 46.4 Å². The smallest absolute Gasteiger partial charge is 0.483 e. The number of imidazole rings is 1. The fraction of sp³-hybridized carbons (Fsp3) is 0.250. The van der Waals surface area contributed by atoms with Gasteiger partial charge in [0.1, 0.15) is 5.82 Å². The van der Waals surface area contributed by atoms with Crippen LogP contribution in [0.15, 0.2) is 67.0 Å². The van der Waals surface area contributed by atoms with Crippen molar-refractivity contribution in [3.8, 4) is 0 Å². The van der Waals surface area contributed by atoms with E-state index in [1.54, 1.807) is 35.0 Å². The van der Waals surface area contributed by atoms with Crippen LogP contribution in [0.1, 0.15) is 34.9 Å². The van der Waals surface area contributed by atoms with E-state index in [1.807, 2.05) is 30.5 Å². The lowest BCUT2D eigenvalue weighted by molar-refractivity contribution is -0.339. The number of nitrogens with one attached hydrogen (secondary N) is 1. The normalized spacial score (nSPS) is 13.8. The maximum atomic E-state index is 12.5. The van der Waals surface area contributed by atoms with Gasteiger partial charge in [0.2, 0.25) is 0 Å². The Morgan fingerprint density at radius 3 is 1.92 bits per heavy atom. The van der Waals surface area contributed by atoms with Crippen molar-refractivity contribution in [3.05, 3.63) is 83.3 Å². The SMILES string of the molecule is FC(F)(F)C(F)(F)F.O=C(Nc1cn2nc(N3CCCC3c3ccccn3)ccc2n1)c1ccccc1Cl.O=C(O)C(F)(F)F.O=CO.O=CO. The van der Waals surface area contributed by atoms with Gasteiger partial charge in [-0.3, -0.25) is 19.4 Å². The van der Waals surface area contributed by atoms with E-state index >= 15 is 0 Å². The van der Waals surface area contributed by atoms with Gasteiger partial charge in [-0.2, -0.15) is 39.5 Å². The number of aliphatic carboxylic acids is 1. The standard InChI is InChI=1S/C22H19ClN6O.C2F6.C2HF3O2.2CH2O2/c23-16-7-2-1-6-15(16)22(30)26-19-14-29-20(25-19)10-11-21(27-29)28-13-5-9-18(28)17-8-3-4-12-24-17;3-1(4,5)2(6,7)8;3-2(4,5)1(6)7;2*2-1-3/h1-4,6-8,10-12,14,18H,5,9,13H2,(H,26,30);;(H,6,7);2*1H,(H,2,3). The Balaban J connectivity index is 0.000000510. The number of amides is 1. The summed E-state index contributed by atoms with van der Waals surface area (Å²) in [7, 11) is 0. The number of halogens is 10. The van der Waals surface area contributed by atoms with E-state index in [-0.39, 0.29) is 24.9 Å². The third-order valence-corrected chi connectivity index (χ3v) is 6.14. The van der Waals surface area contributed by atoms with Gasteiger partial charge in [0.25, 0.3) is 18.9 Å². The number of carboxylic acid groups (broad SMARTS) is 3. The van der Waals surface area contributed by atoms with Gasteiger partial charge in [-0.05, 0) is 49.2 Å². The predicted octanol–water partition coefficient (Wildman–Crippen LogP) is 6.52. The quantitative estimate of drug-likeness (QED) is 0.131. The van der Waals surface area contributed by atoms with Crippen LogP contribution >= 0.6 is 11.6 Å². The van der Waals surface area contributed by atoms with Crippen LogP contribution in [-0.2, 0) is 14.4 Å². The van der Waals surface area contributed by atoms with Gasteiger partial charge in [-0.25, -0.2) is 14.3 Å². The first kappa shape index (κ1) is 43.4. The van der Waals surface area contributed by atoms with E-state index in [2.05, 4.69) is 26.3 Å². The molecule has 1 atom stereocenters. The average molecular weight is 763 g/mol. The van der Waals surface area contributed by atoms with E-state index < -0.39 is 24.5 Å². The molecule has 13 nitrogen and oxygen atoms in total. The van der Waals surface area contributed by atoms with E-state index in [1.165, 1.54) is 0 Å². The molecule has 1 fully saturated rings. The maximum Gasteiger partial charge on any atom is 0.490 e. The molecular formula is C28H24ClF9N6O7. The van der Waals surface area contributed by atoms with Crippen LogP contribution in [0, 0.1) is 0 Å². The van der Waals surface area contributed by atoms with Crippen molar-refractivity contribution >= 4 is 53.7 Å². The molecule has 1 unspecified atom stereocenters. The molecule has 1 aliphatic heterocycles. The number of carbonyl (C=O) groups excluding carboxylic acids is 1. The Morgan fingerprint density at radius 2 is 1.43 bits per heavy atom. The number of alkyl halides is 9. The summed E-state index contributed by atoms with van der Waals surface area (Å²) in [6, 6.07) is 17.0. The molecule has 0 aliphatic carbocycles. The molecule has 278 valence electrons. The Hall–Kier alpha value is -5.67. The second-order valence-electron chi connectivity index (χ2n) is 9.17. The van der Waals surface area contributed by atoms with Crippen molar-refractivity contribution in [3.63, 3.8) is 0 Å². The van der Waals surface area contributed by atoms with Crippen molar-refractivity contribution in [1.29, 1.82) is 0 Å². The number of hydrogen-bond acceptors (Lipinski definition) is 8. The molecule has 0 saturated carbocycles. The fourth-order valence-corrected chi connectivity index (χ4v) is 4.06. The van der Waals surface area contributed by atoms with Crippen LogP contribution < -0.4 is 10.2 Å². The van der Waals surface area contributed by atoms with Crippen molar-refractivity contribution in [2.45, 2.75) is 37.4 Å². The summed E-state index contributed by atoms with van der Waals surface area (Å²) in [6.07, 6.45) is -11.5. The molecule has 4 heterocycles. The topological polar surface area (TPSA) is 187 Å². The number of anilines is 2. The van der Waals surface area contributed by atoms with Gasteiger partial charge in [-0.1, -0.05) is 29.8 Å². The summed E-state index contributed by atoms with van der Waals surface area (Å²) in [4.78, 5) is 49.4. The van der Waals surface area contributed by atoms with E-state index in [9.17, 15) is 44.3 Å². The lowest BCUT2D eigenvalue weighted by Crippen LogP contribution is -2.30. The minimum absolute atomic E-state index is 0.207. The molecule has 51 heavy (non-hydrogen) atoms. The van der Waals surface area contributed by atoms with E-state index in [0.717, 1.165) is 30.9 Å². The minimum Gasteiger partial charge on any atom is -0.483 e. The summed E-state index contributed by atoms with van der Waals surface area (Å²) in [6.45, 7) is 0.421. The van der Waals surface area contributed by atoms with Gasteiger partial charge >= 0.3 is 24.5 Å². The van der Waals surface area contributed by atoms with Crippen molar-refractivity contribution < 1.29 is 74.0 Å². The summed E-state index contributed by atoms with van der Waals surface area (Å²) in [5.41, 5.74) is 2.11. The molecule has 4 aromatic rings. The molecule has 5 rings (SSSR count). The largest absolute Gasteiger partial charge is 0.490 e. The summed E-state index contributed by atoms with van der Waals surface area (Å²) < 4.78 is 96.0. The molecular weight excluding hydrogens is 739 g/mol. The van der Waals surface area contributed by atoms with Crippen molar-refractivity contribution in [2.75, 3.05) is 16.8 Å². The first-order valence-corrected chi connectivity index (χ1v) is 13.8. The number of hydrogen-bond donors (Lipinski definition) is 4. The lowest BCUT2D eigenvalue weighted by Gasteiger charge is -2.25. The summed E-state index contributed by atoms with van der Waals surface area (Å²) in [5, 5.41) is 28.8. The highest BCUT2D eigenvalue weighted by Crippen LogP contribution is 2.36. The first-order chi connectivity index (χ1) is 23.7. The number of carbonyl (C=O) groups is 4. The van der Waals surface area contributed by atoms with Crippen LogP contribution in [0.4, 0.5) is 51.1 Å². The summed E-state index contributed by atoms with van der Waals surface area (Å²) >= 11 is 6.11. The second kappa shape index (κ2) is 19.5. The molecule has 1 aromatic carbocycles. The molecule has 1 saturated heterocycles. The number of aromatic nitrogens is 4. The molecule has 0 radical (unpaired) electrons. The number of nitrogens with zero attached hydrogens (tertiary/aromatic N) is 5.